The van der Waals surface area contributed by atoms with Crippen LogP contribution in [0.4, 0.5) is 4.39 Å². The Balaban J connectivity index is 1.84. The van der Waals surface area contributed by atoms with Gasteiger partial charge in [0.1, 0.15) is 16.4 Å². The maximum Gasteiger partial charge on any atom is 0.243 e. The van der Waals surface area contributed by atoms with E-state index in [0.29, 0.717) is 5.69 Å². The van der Waals surface area contributed by atoms with Crippen LogP contribution in [-0.4, -0.2) is 17.8 Å². The van der Waals surface area contributed by atoms with Crippen molar-refractivity contribution in [2.45, 2.75) is 18.4 Å². The predicted octanol–water partition coefficient (Wildman–Crippen LogP) is 2.13. The second kappa shape index (κ2) is 6.03. The zero-order chi connectivity index (χ0) is 17.3. The number of rotatable bonds is 4. The molecule has 0 atom stereocenters. The number of fused-ring (bicyclic) bond motifs is 1. The number of nitrogens with zero attached hydrogens (tertiary/aromatic N) is 3. The molecule has 0 aliphatic rings. The minimum atomic E-state index is -4.05. The van der Waals surface area contributed by atoms with Crippen LogP contribution in [0.3, 0.4) is 0 Å². The molecule has 1 N–H and O–H groups in total. The Kier molecular flexibility index (Phi) is 4.05. The van der Waals surface area contributed by atoms with Crippen LogP contribution in [0, 0.1) is 24.1 Å². The lowest BCUT2D eigenvalue weighted by Gasteiger charge is -2.06. The molecule has 0 aliphatic carbocycles. The zero-order valence-corrected chi connectivity index (χ0v) is 13.5. The minimum Gasteiger partial charge on any atom is -0.307 e. The molecule has 3 rings (SSSR count). The van der Waals surface area contributed by atoms with Crippen LogP contribution in [-0.2, 0) is 16.6 Å². The lowest BCUT2D eigenvalue weighted by molar-refractivity contribution is 0.556. The minimum absolute atomic E-state index is 0.0577. The number of hydrogen-bond acceptors (Lipinski definition) is 4. The number of sulfonamides is 1. The van der Waals surface area contributed by atoms with Gasteiger partial charge in [0.2, 0.25) is 10.0 Å². The van der Waals surface area contributed by atoms with Crippen molar-refractivity contribution in [2.24, 2.45) is 0 Å². The SMILES string of the molecule is Cc1cccn2cc(CNS(=O)(=O)c3ccc(C#N)cc3F)nc12. The standard InChI is InChI=1S/C16H13FN4O2S/c1-11-3-2-6-21-10-13(20-16(11)21)9-19-24(22,23)15-5-4-12(8-18)7-14(15)17/h2-7,10,19H,9H2,1H3. The third kappa shape index (κ3) is 2.99. The first-order chi connectivity index (χ1) is 11.4. The van der Waals surface area contributed by atoms with E-state index in [1.165, 1.54) is 6.07 Å². The van der Waals surface area contributed by atoms with Crippen molar-refractivity contribution < 1.29 is 12.8 Å². The Bertz CT molecular complexity index is 1070. The van der Waals surface area contributed by atoms with Gasteiger partial charge in [0.05, 0.1) is 23.9 Å². The number of aromatic nitrogens is 2. The number of nitrogens with one attached hydrogen (secondary N) is 1. The molecule has 0 bridgehead atoms. The molecule has 6 nitrogen and oxygen atoms in total. The summed E-state index contributed by atoms with van der Waals surface area (Å²) < 4.78 is 42.5. The van der Waals surface area contributed by atoms with Crippen LogP contribution >= 0.6 is 0 Å². The van der Waals surface area contributed by atoms with E-state index in [1.54, 1.807) is 16.7 Å². The summed E-state index contributed by atoms with van der Waals surface area (Å²) in [4.78, 5) is 3.86. The highest BCUT2D eigenvalue weighted by atomic mass is 32.2. The predicted molar refractivity (Wildman–Crippen MR) is 85.1 cm³/mol. The Hall–Kier alpha value is -2.76. The van der Waals surface area contributed by atoms with E-state index >= 15 is 0 Å². The maximum atomic E-state index is 13.9. The number of imidazole rings is 1. The third-order valence-corrected chi connectivity index (χ3v) is 4.96. The molecule has 2 aromatic heterocycles. The van der Waals surface area contributed by atoms with Gasteiger partial charge >= 0.3 is 0 Å². The molecule has 8 heteroatoms. The summed E-state index contributed by atoms with van der Waals surface area (Å²) in [5.41, 5.74) is 2.27. The van der Waals surface area contributed by atoms with Crippen molar-refractivity contribution in [2.75, 3.05) is 0 Å². The first-order valence-corrected chi connectivity index (χ1v) is 8.51. The van der Waals surface area contributed by atoms with E-state index in [1.807, 2.05) is 25.3 Å². The Morgan fingerprint density at radius 1 is 1.38 bits per heavy atom. The van der Waals surface area contributed by atoms with Gasteiger partial charge < -0.3 is 4.40 Å². The molecule has 0 amide bonds. The lowest BCUT2D eigenvalue weighted by Crippen LogP contribution is -2.24. The summed E-state index contributed by atoms with van der Waals surface area (Å²) in [6.45, 7) is 1.84. The van der Waals surface area contributed by atoms with Crippen LogP contribution in [0.5, 0.6) is 0 Å². The molecule has 0 saturated heterocycles. The van der Waals surface area contributed by atoms with Crippen molar-refractivity contribution >= 4 is 15.7 Å². The van der Waals surface area contributed by atoms with Gasteiger partial charge in [-0.1, -0.05) is 6.07 Å². The van der Waals surface area contributed by atoms with Crippen LogP contribution in [0.25, 0.3) is 5.65 Å². The van der Waals surface area contributed by atoms with E-state index < -0.39 is 20.7 Å². The van der Waals surface area contributed by atoms with Crippen LogP contribution in [0.1, 0.15) is 16.8 Å². The summed E-state index contributed by atoms with van der Waals surface area (Å²) in [5.74, 6) is -0.965. The second-order valence-corrected chi connectivity index (χ2v) is 6.97. The van der Waals surface area contributed by atoms with Gasteiger partial charge in [-0.25, -0.2) is 22.5 Å². The van der Waals surface area contributed by atoms with Crippen molar-refractivity contribution in [3.8, 4) is 6.07 Å². The van der Waals surface area contributed by atoms with Gasteiger partial charge in [0.25, 0.3) is 0 Å². The average Bonchev–Trinajstić information content (AvgIpc) is 2.97. The normalized spacial score (nSPS) is 11.5. The molecular formula is C16H13FN4O2S. The molecule has 0 unspecified atom stereocenters. The largest absolute Gasteiger partial charge is 0.307 e. The molecule has 3 aromatic rings. The van der Waals surface area contributed by atoms with Gasteiger partial charge in [-0.05, 0) is 36.8 Å². The summed E-state index contributed by atoms with van der Waals surface area (Å²) in [6, 6.07) is 8.75. The van der Waals surface area contributed by atoms with E-state index in [9.17, 15) is 12.8 Å². The van der Waals surface area contributed by atoms with Crippen molar-refractivity contribution in [3.63, 3.8) is 0 Å². The topological polar surface area (TPSA) is 87.3 Å². The fourth-order valence-corrected chi connectivity index (χ4v) is 3.38. The highest BCUT2D eigenvalue weighted by molar-refractivity contribution is 7.89. The monoisotopic (exact) mass is 344 g/mol. The summed E-state index contributed by atoms with van der Waals surface area (Å²) in [5, 5.41) is 8.71. The number of hydrogen-bond donors (Lipinski definition) is 1. The summed E-state index contributed by atoms with van der Waals surface area (Å²) in [7, 11) is -4.05. The van der Waals surface area contributed by atoms with Crippen molar-refractivity contribution in [3.05, 3.63) is 65.4 Å². The molecule has 1 aromatic carbocycles. The van der Waals surface area contributed by atoms with E-state index in [2.05, 4.69) is 9.71 Å². The fourth-order valence-electron chi connectivity index (χ4n) is 2.32. The molecule has 122 valence electrons. The number of aryl methyl sites for hydroxylation is 1. The summed E-state index contributed by atoms with van der Waals surface area (Å²) in [6.07, 6.45) is 3.52. The van der Waals surface area contributed by atoms with Crippen molar-refractivity contribution in [1.82, 2.24) is 14.1 Å². The molecular weight excluding hydrogens is 331 g/mol. The maximum absolute atomic E-state index is 13.9. The number of pyridine rings is 1. The van der Waals surface area contributed by atoms with Crippen LogP contribution in [0.15, 0.2) is 47.6 Å². The van der Waals surface area contributed by atoms with E-state index in [4.69, 9.17) is 5.26 Å². The molecule has 0 saturated carbocycles. The van der Waals surface area contributed by atoms with E-state index in [-0.39, 0.29) is 12.1 Å². The molecule has 0 radical (unpaired) electrons. The van der Waals surface area contributed by atoms with Gasteiger partial charge in [-0.15, -0.1) is 0 Å². The summed E-state index contributed by atoms with van der Waals surface area (Å²) >= 11 is 0. The van der Waals surface area contributed by atoms with Gasteiger partial charge in [-0.3, -0.25) is 0 Å². The molecule has 24 heavy (non-hydrogen) atoms. The van der Waals surface area contributed by atoms with Gasteiger partial charge in [0.15, 0.2) is 0 Å². The number of nitriles is 1. The Morgan fingerprint density at radius 3 is 2.83 bits per heavy atom. The van der Waals surface area contributed by atoms with Crippen molar-refractivity contribution in [1.29, 1.82) is 5.26 Å². The first-order valence-electron chi connectivity index (χ1n) is 7.03. The number of benzene rings is 1. The molecule has 0 fully saturated rings. The van der Waals surface area contributed by atoms with E-state index in [0.717, 1.165) is 23.3 Å². The second-order valence-electron chi connectivity index (χ2n) is 5.24. The molecule has 0 aliphatic heterocycles. The highest BCUT2D eigenvalue weighted by Crippen LogP contribution is 2.16. The average molecular weight is 344 g/mol. The Labute approximate surface area is 138 Å². The number of halogens is 1. The fraction of sp³-hybridized carbons (Fsp3) is 0.125. The van der Waals surface area contributed by atoms with Crippen LogP contribution < -0.4 is 4.72 Å². The highest BCUT2D eigenvalue weighted by Gasteiger charge is 2.19. The third-order valence-electron chi connectivity index (χ3n) is 3.52. The smallest absolute Gasteiger partial charge is 0.243 e. The first kappa shape index (κ1) is 16.1. The van der Waals surface area contributed by atoms with Gasteiger partial charge in [0, 0.05) is 12.4 Å². The van der Waals surface area contributed by atoms with Gasteiger partial charge in [-0.2, -0.15) is 5.26 Å². The lowest BCUT2D eigenvalue weighted by atomic mass is 10.2. The molecule has 0 spiro atoms. The molecule has 2 heterocycles. The van der Waals surface area contributed by atoms with Crippen LogP contribution in [0.2, 0.25) is 0 Å². The zero-order valence-electron chi connectivity index (χ0n) is 12.7. The Morgan fingerprint density at radius 2 is 2.17 bits per heavy atom. The quantitative estimate of drug-likeness (QED) is 0.785.